The Balaban J connectivity index is 1.64. The summed E-state index contributed by atoms with van der Waals surface area (Å²) in [5, 5.41) is 18.9. The molecule has 1 aliphatic heterocycles. The Morgan fingerprint density at radius 1 is 1.11 bits per heavy atom. The summed E-state index contributed by atoms with van der Waals surface area (Å²) < 4.78 is 19.4. The van der Waals surface area contributed by atoms with Gasteiger partial charge in [-0.3, -0.25) is 9.80 Å². The maximum Gasteiger partial charge on any atom is 0.131 e. The van der Waals surface area contributed by atoms with Crippen LogP contribution in [0.1, 0.15) is 17.5 Å². The quantitative estimate of drug-likeness (QED) is 0.780. The first-order valence-electron chi connectivity index (χ1n) is 9.26. The van der Waals surface area contributed by atoms with Gasteiger partial charge >= 0.3 is 0 Å². The summed E-state index contributed by atoms with van der Waals surface area (Å²) in [6.07, 6.45) is 0.657. The SMILES string of the molecule is COc1ccc(CN2CCN(Cc3ccc(O)cc3)CC2CCO)c(F)c1. The predicted octanol–water partition coefficient (Wildman–Crippen LogP) is 2.61. The van der Waals surface area contributed by atoms with Gasteiger partial charge in [0, 0.05) is 57.0 Å². The van der Waals surface area contributed by atoms with Crippen LogP contribution >= 0.6 is 0 Å². The summed E-state index contributed by atoms with van der Waals surface area (Å²) in [6.45, 7) is 3.94. The molecule has 0 spiro atoms. The number of aliphatic hydroxyl groups is 1. The molecule has 1 fully saturated rings. The fourth-order valence-electron chi connectivity index (χ4n) is 3.59. The molecule has 2 N–H and O–H groups in total. The topological polar surface area (TPSA) is 56.2 Å². The fraction of sp³-hybridized carbons (Fsp3) is 0.429. The monoisotopic (exact) mass is 374 g/mol. The third-order valence-electron chi connectivity index (χ3n) is 5.13. The van der Waals surface area contributed by atoms with Crippen LogP contribution in [-0.4, -0.2) is 59.4 Å². The fourth-order valence-corrected chi connectivity index (χ4v) is 3.59. The van der Waals surface area contributed by atoms with Crippen LogP contribution in [-0.2, 0) is 13.1 Å². The zero-order valence-corrected chi connectivity index (χ0v) is 15.6. The second-order valence-electron chi connectivity index (χ2n) is 7.00. The molecule has 5 nitrogen and oxygen atoms in total. The van der Waals surface area contributed by atoms with E-state index < -0.39 is 0 Å². The third kappa shape index (κ3) is 5.19. The molecule has 0 saturated carbocycles. The zero-order chi connectivity index (χ0) is 19.2. The molecule has 2 aromatic rings. The number of ether oxygens (including phenoxy) is 1. The van der Waals surface area contributed by atoms with E-state index in [1.54, 1.807) is 24.3 Å². The highest BCUT2D eigenvalue weighted by molar-refractivity contribution is 5.29. The number of piperazine rings is 1. The van der Waals surface area contributed by atoms with Crippen LogP contribution in [0.5, 0.6) is 11.5 Å². The van der Waals surface area contributed by atoms with Gasteiger partial charge in [-0.15, -0.1) is 0 Å². The molecule has 1 atom stereocenters. The van der Waals surface area contributed by atoms with Gasteiger partial charge in [-0.05, 0) is 30.2 Å². The minimum Gasteiger partial charge on any atom is -0.508 e. The lowest BCUT2D eigenvalue weighted by Crippen LogP contribution is -2.52. The summed E-state index contributed by atoms with van der Waals surface area (Å²) in [7, 11) is 1.53. The van der Waals surface area contributed by atoms with Crippen molar-refractivity contribution in [2.75, 3.05) is 33.4 Å². The van der Waals surface area contributed by atoms with Gasteiger partial charge in [-0.2, -0.15) is 0 Å². The Morgan fingerprint density at radius 2 is 1.89 bits per heavy atom. The van der Waals surface area contributed by atoms with E-state index in [9.17, 15) is 14.6 Å². The smallest absolute Gasteiger partial charge is 0.131 e. The second-order valence-corrected chi connectivity index (χ2v) is 7.00. The van der Waals surface area contributed by atoms with Crippen molar-refractivity contribution in [3.63, 3.8) is 0 Å². The number of benzene rings is 2. The van der Waals surface area contributed by atoms with Crippen molar-refractivity contribution in [3.8, 4) is 11.5 Å². The van der Waals surface area contributed by atoms with Crippen molar-refractivity contribution in [3.05, 3.63) is 59.4 Å². The van der Waals surface area contributed by atoms with Crippen LogP contribution in [0.25, 0.3) is 0 Å². The molecule has 1 aliphatic rings. The van der Waals surface area contributed by atoms with Crippen molar-refractivity contribution in [1.82, 2.24) is 9.80 Å². The molecule has 0 aliphatic carbocycles. The van der Waals surface area contributed by atoms with Crippen molar-refractivity contribution < 1.29 is 19.3 Å². The average Bonchev–Trinajstić information content (AvgIpc) is 2.67. The second kappa shape index (κ2) is 9.17. The summed E-state index contributed by atoms with van der Waals surface area (Å²) in [4.78, 5) is 4.59. The van der Waals surface area contributed by atoms with Crippen molar-refractivity contribution in [1.29, 1.82) is 0 Å². The lowest BCUT2D eigenvalue weighted by atomic mass is 10.1. The molecule has 146 valence electrons. The summed E-state index contributed by atoms with van der Waals surface area (Å²) in [6, 6.07) is 12.4. The Kier molecular flexibility index (Phi) is 6.66. The number of phenols is 1. The minimum atomic E-state index is -0.261. The molecule has 0 amide bonds. The largest absolute Gasteiger partial charge is 0.508 e. The number of halogens is 1. The van der Waals surface area contributed by atoms with E-state index in [0.29, 0.717) is 24.3 Å². The number of aromatic hydroxyl groups is 1. The standard InChI is InChI=1S/C21H27FN2O3/c1-27-20-7-4-17(21(22)12-20)14-24-10-9-23(15-18(24)8-11-25)13-16-2-5-19(26)6-3-16/h2-7,12,18,25-26H,8-11,13-15H2,1H3. The van der Waals surface area contributed by atoms with Crippen LogP contribution in [0.2, 0.25) is 0 Å². The molecular weight excluding hydrogens is 347 g/mol. The van der Waals surface area contributed by atoms with Crippen LogP contribution in [0.4, 0.5) is 4.39 Å². The summed E-state index contributed by atoms with van der Waals surface area (Å²) in [5.41, 5.74) is 1.79. The first-order valence-corrected chi connectivity index (χ1v) is 9.26. The van der Waals surface area contributed by atoms with Gasteiger partial charge in [0.2, 0.25) is 0 Å². The van der Waals surface area contributed by atoms with Crippen molar-refractivity contribution in [2.24, 2.45) is 0 Å². The molecule has 3 rings (SSSR count). The molecule has 6 heteroatoms. The van der Waals surface area contributed by atoms with Gasteiger partial charge in [0.05, 0.1) is 7.11 Å². The minimum absolute atomic E-state index is 0.110. The Hall–Kier alpha value is -2.15. The molecule has 2 aromatic carbocycles. The van der Waals surface area contributed by atoms with Crippen LogP contribution in [0, 0.1) is 5.82 Å². The molecule has 27 heavy (non-hydrogen) atoms. The van der Waals surface area contributed by atoms with E-state index in [1.807, 2.05) is 12.1 Å². The van der Waals surface area contributed by atoms with Gasteiger partial charge in [-0.25, -0.2) is 4.39 Å². The van der Waals surface area contributed by atoms with E-state index in [0.717, 1.165) is 31.7 Å². The molecule has 1 saturated heterocycles. The zero-order valence-electron chi connectivity index (χ0n) is 15.6. The van der Waals surface area contributed by atoms with Crippen LogP contribution < -0.4 is 4.74 Å². The van der Waals surface area contributed by atoms with E-state index in [4.69, 9.17) is 4.74 Å². The Bertz CT molecular complexity index is 739. The highest BCUT2D eigenvalue weighted by Gasteiger charge is 2.27. The number of methoxy groups -OCH3 is 1. The first kappa shape index (κ1) is 19.6. The van der Waals surface area contributed by atoms with E-state index in [-0.39, 0.29) is 24.2 Å². The lowest BCUT2D eigenvalue weighted by Gasteiger charge is -2.41. The number of hydrogen-bond acceptors (Lipinski definition) is 5. The summed E-state index contributed by atoms with van der Waals surface area (Å²) in [5.74, 6) is 0.522. The van der Waals surface area contributed by atoms with Gasteiger partial charge in [0.1, 0.15) is 17.3 Å². The van der Waals surface area contributed by atoms with Gasteiger partial charge in [-0.1, -0.05) is 18.2 Å². The molecule has 1 heterocycles. The Labute approximate surface area is 159 Å². The third-order valence-corrected chi connectivity index (χ3v) is 5.13. The maximum atomic E-state index is 14.3. The summed E-state index contributed by atoms with van der Waals surface area (Å²) >= 11 is 0. The number of rotatable bonds is 7. The number of nitrogens with zero attached hydrogens (tertiary/aromatic N) is 2. The number of aliphatic hydroxyl groups excluding tert-OH is 1. The number of hydrogen-bond donors (Lipinski definition) is 2. The lowest BCUT2D eigenvalue weighted by molar-refractivity contribution is 0.0493. The van der Waals surface area contributed by atoms with Crippen molar-refractivity contribution >= 4 is 0 Å². The van der Waals surface area contributed by atoms with Crippen LogP contribution in [0.3, 0.4) is 0 Å². The highest BCUT2D eigenvalue weighted by Crippen LogP contribution is 2.22. The molecule has 0 aromatic heterocycles. The van der Waals surface area contributed by atoms with Crippen LogP contribution in [0.15, 0.2) is 42.5 Å². The molecule has 1 unspecified atom stereocenters. The van der Waals surface area contributed by atoms with Gasteiger partial charge in [0.25, 0.3) is 0 Å². The Morgan fingerprint density at radius 3 is 2.56 bits per heavy atom. The average molecular weight is 374 g/mol. The van der Waals surface area contributed by atoms with Crippen molar-refractivity contribution in [2.45, 2.75) is 25.6 Å². The first-order chi connectivity index (χ1) is 13.1. The maximum absolute atomic E-state index is 14.3. The van der Waals surface area contributed by atoms with Gasteiger partial charge < -0.3 is 14.9 Å². The molecular formula is C21H27FN2O3. The molecule has 0 radical (unpaired) electrons. The van der Waals surface area contributed by atoms with E-state index in [1.165, 1.54) is 13.2 Å². The van der Waals surface area contributed by atoms with E-state index in [2.05, 4.69) is 9.80 Å². The van der Waals surface area contributed by atoms with E-state index >= 15 is 0 Å². The highest BCUT2D eigenvalue weighted by atomic mass is 19.1. The van der Waals surface area contributed by atoms with Gasteiger partial charge in [0.15, 0.2) is 0 Å². The normalized spacial score (nSPS) is 18.6. The number of phenolic OH excluding ortho intramolecular Hbond substituents is 1. The predicted molar refractivity (Wildman–Crippen MR) is 102 cm³/mol. The molecule has 0 bridgehead atoms.